The van der Waals surface area contributed by atoms with E-state index in [1.54, 1.807) is 14.1 Å². The van der Waals surface area contributed by atoms with Crippen molar-refractivity contribution in [2.45, 2.75) is 32.5 Å². The Morgan fingerprint density at radius 3 is 2.96 bits per heavy atom. The zero-order valence-corrected chi connectivity index (χ0v) is 15.1. The van der Waals surface area contributed by atoms with Gasteiger partial charge < -0.3 is 14.2 Å². The Hall–Kier alpha value is -2.19. The zero-order chi connectivity index (χ0) is 17.8. The highest BCUT2D eigenvalue weighted by molar-refractivity contribution is 5.76. The van der Waals surface area contributed by atoms with E-state index in [1.807, 2.05) is 18.6 Å². The van der Waals surface area contributed by atoms with Crippen molar-refractivity contribution in [3.63, 3.8) is 0 Å². The number of imidazole rings is 1. The van der Waals surface area contributed by atoms with Crippen LogP contribution >= 0.6 is 0 Å². The van der Waals surface area contributed by atoms with E-state index in [-0.39, 0.29) is 18.6 Å². The lowest BCUT2D eigenvalue weighted by molar-refractivity contribution is -0.133. The van der Waals surface area contributed by atoms with Crippen LogP contribution in [0, 0.1) is 0 Å². The van der Waals surface area contributed by atoms with E-state index in [0.717, 1.165) is 31.9 Å². The molecule has 8 nitrogen and oxygen atoms in total. The first-order chi connectivity index (χ1) is 12.1. The van der Waals surface area contributed by atoms with E-state index in [0.29, 0.717) is 6.61 Å². The third-order valence-electron chi connectivity index (χ3n) is 4.67. The lowest BCUT2D eigenvalue weighted by Crippen LogP contribution is -2.37. The smallest absolute Gasteiger partial charge is 0.248 e. The van der Waals surface area contributed by atoms with E-state index in [1.165, 1.54) is 16.2 Å². The van der Waals surface area contributed by atoms with Gasteiger partial charge in [-0.2, -0.15) is 5.10 Å². The topological polar surface area (TPSA) is 79.3 Å². The van der Waals surface area contributed by atoms with E-state index in [9.17, 15) is 4.79 Å². The Bertz CT molecular complexity index is 694. The Labute approximate surface area is 147 Å². The van der Waals surface area contributed by atoms with Crippen LogP contribution in [-0.2, 0) is 29.0 Å². The summed E-state index contributed by atoms with van der Waals surface area (Å²) >= 11 is 0. The second kappa shape index (κ2) is 7.79. The summed E-state index contributed by atoms with van der Waals surface area (Å²) in [7, 11) is 3.46. The minimum absolute atomic E-state index is 0.0150. The number of rotatable bonds is 7. The SMILES string of the molecule is CC1c2ncc(CCOCC(=O)N(C)C)n2CCN1Cc1cn[nH]c1. The van der Waals surface area contributed by atoms with Crippen molar-refractivity contribution in [1.82, 2.24) is 29.5 Å². The van der Waals surface area contributed by atoms with Crippen LogP contribution in [-0.4, -0.2) is 69.3 Å². The van der Waals surface area contributed by atoms with E-state index < -0.39 is 0 Å². The van der Waals surface area contributed by atoms with Gasteiger partial charge in [0.1, 0.15) is 12.4 Å². The Morgan fingerprint density at radius 1 is 1.40 bits per heavy atom. The number of amides is 1. The first kappa shape index (κ1) is 17.6. The molecule has 2 aromatic rings. The molecular formula is C17H26N6O2. The molecule has 1 aliphatic rings. The molecule has 0 saturated carbocycles. The summed E-state index contributed by atoms with van der Waals surface area (Å²) < 4.78 is 7.77. The third-order valence-corrected chi connectivity index (χ3v) is 4.67. The van der Waals surface area contributed by atoms with Crippen molar-refractivity contribution in [3.05, 3.63) is 35.7 Å². The summed E-state index contributed by atoms with van der Waals surface area (Å²) in [6.45, 7) is 5.61. The van der Waals surface area contributed by atoms with Gasteiger partial charge in [-0.15, -0.1) is 0 Å². The number of carbonyl (C=O) groups is 1. The molecule has 1 amide bonds. The summed E-state index contributed by atoms with van der Waals surface area (Å²) in [6, 6.07) is 0.258. The van der Waals surface area contributed by atoms with Gasteiger partial charge in [0.05, 0.1) is 18.8 Å². The molecular weight excluding hydrogens is 320 g/mol. The molecule has 0 aromatic carbocycles. The van der Waals surface area contributed by atoms with Gasteiger partial charge in [-0.1, -0.05) is 0 Å². The van der Waals surface area contributed by atoms with Crippen molar-refractivity contribution in [1.29, 1.82) is 0 Å². The highest BCUT2D eigenvalue weighted by Gasteiger charge is 2.27. The molecule has 0 bridgehead atoms. The second-order valence-electron chi connectivity index (χ2n) is 6.60. The molecule has 2 aromatic heterocycles. The van der Waals surface area contributed by atoms with Crippen molar-refractivity contribution >= 4 is 5.91 Å². The van der Waals surface area contributed by atoms with Gasteiger partial charge in [-0.3, -0.25) is 14.8 Å². The maximum atomic E-state index is 11.5. The number of likely N-dealkylation sites (N-methyl/N-ethyl adjacent to an activating group) is 1. The van der Waals surface area contributed by atoms with Crippen molar-refractivity contribution in [2.75, 3.05) is 33.9 Å². The van der Waals surface area contributed by atoms with Gasteiger partial charge in [-0.25, -0.2) is 4.98 Å². The first-order valence-corrected chi connectivity index (χ1v) is 8.60. The van der Waals surface area contributed by atoms with E-state index in [2.05, 4.69) is 31.6 Å². The molecule has 0 saturated heterocycles. The van der Waals surface area contributed by atoms with Crippen LogP contribution < -0.4 is 0 Å². The van der Waals surface area contributed by atoms with Crippen LogP contribution in [0.1, 0.15) is 30.0 Å². The standard InChI is InChI=1S/C17H26N6O2/c1-13-17-18-10-15(4-7-25-12-16(24)21(2)3)23(17)6-5-22(13)11-14-8-19-20-9-14/h8-10,13H,4-7,11-12H2,1-3H3,(H,19,20). The van der Waals surface area contributed by atoms with Gasteiger partial charge >= 0.3 is 0 Å². The number of aromatic amines is 1. The predicted molar refractivity (Wildman–Crippen MR) is 92.9 cm³/mol. The van der Waals surface area contributed by atoms with Gasteiger partial charge in [0.25, 0.3) is 0 Å². The molecule has 0 radical (unpaired) electrons. The van der Waals surface area contributed by atoms with Crippen LogP contribution in [0.3, 0.4) is 0 Å². The third kappa shape index (κ3) is 4.08. The fourth-order valence-corrected chi connectivity index (χ4v) is 3.08. The Morgan fingerprint density at radius 2 is 2.24 bits per heavy atom. The Kier molecular flexibility index (Phi) is 5.50. The molecule has 1 atom stereocenters. The summed E-state index contributed by atoms with van der Waals surface area (Å²) in [4.78, 5) is 20.1. The van der Waals surface area contributed by atoms with Crippen LogP contribution in [0.25, 0.3) is 0 Å². The molecule has 3 rings (SSSR count). The number of hydrogen-bond acceptors (Lipinski definition) is 5. The fourth-order valence-electron chi connectivity index (χ4n) is 3.08. The maximum Gasteiger partial charge on any atom is 0.248 e. The van der Waals surface area contributed by atoms with Crippen molar-refractivity contribution < 1.29 is 9.53 Å². The summed E-state index contributed by atoms with van der Waals surface area (Å²) in [5.41, 5.74) is 2.35. The number of hydrogen-bond donors (Lipinski definition) is 1. The normalized spacial score (nSPS) is 17.5. The van der Waals surface area contributed by atoms with Crippen LogP contribution in [0.4, 0.5) is 0 Å². The monoisotopic (exact) mass is 346 g/mol. The van der Waals surface area contributed by atoms with E-state index in [4.69, 9.17) is 4.74 Å². The van der Waals surface area contributed by atoms with E-state index >= 15 is 0 Å². The number of H-pyrrole nitrogens is 1. The summed E-state index contributed by atoms with van der Waals surface area (Å²) in [5.74, 6) is 1.08. The number of nitrogens with one attached hydrogen (secondary N) is 1. The average molecular weight is 346 g/mol. The van der Waals surface area contributed by atoms with Crippen LogP contribution in [0.2, 0.25) is 0 Å². The van der Waals surface area contributed by atoms with Crippen LogP contribution in [0.5, 0.6) is 0 Å². The molecule has 8 heteroatoms. The van der Waals surface area contributed by atoms with Gasteiger partial charge in [0.2, 0.25) is 5.91 Å². The average Bonchev–Trinajstić information content (AvgIpc) is 3.24. The molecule has 3 heterocycles. The highest BCUT2D eigenvalue weighted by atomic mass is 16.5. The molecule has 0 fully saturated rings. The Balaban J connectivity index is 1.55. The predicted octanol–water partition coefficient (Wildman–Crippen LogP) is 0.830. The zero-order valence-electron chi connectivity index (χ0n) is 15.1. The molecule has 136 valence electrons. The minimum atomic E-state index is -0.0150. The molecule has 0 aliphatic carbocycles. The van der Waals surface area contributed by atoms with Gasteiger partial charge in [-0.05, 0) is 6.92 Å². The van der Waals surface area contributed by atoms with Gasteiger partial charge in [0, 0.05) is 63.8 Å². The second-order valence-corrected chi connectivity index (χ2v) is 6.60. The first-order valence-electron chi connectivity index (χ1n) is 8.60. The van der Waals surface area contributed by atoms with Crippen LogP contribution in [0.15, 0.2) is 18.6 Å². The van der Waals surface area contributed by atoms with Crippen molar-refractivity contribution in [3.8, 4) is 0 Å². The lowest BCUT2D eigenvalue weighted by Gasteiger charge is -2.34. The molecule has 1 unspecified atom stereocenters. The number of aromatic nitrogens is 4. The number of ether oxygens (including phenoxy) is 1. The molecule has 1 N–H and O–H groups in total. The molecule has 1 aliphatic heterocycles. The largest absolute Gasteiger partial charge is 0.371 e. The number of nitrogens with zero attached hydrogens (tertiary/aromatic N) is 5. The quantitative estimate of drug-likeness (QED) is 0.751. The molecule has 0 spiro atoms. The summed E-state index contributed by atoms with van der Waals surface area (Å²) in [6.07, 6.45) is 6.50. The minimum Gasteiger partial charge on any atom is -0.371 e. The van der Waals surface area contributed by atoms with Gasteiger partial charge in [0.15, 0.2) is 0 Å². The maximum absolute atomic E-state index is 11.5. The molecule has 25 heavy (non-hydrogen) atoms. The number of fused-ring (bicyclic) bond motifs is 1. The fraction of sp³-hybridized carbons (Fsp3) is 0.588. The lowest BCUT2D eigenvalue weighted by atomic mass is 10.2. The summed E-state index contributed by atoms with van der Waals surface area (Å²) in [5, 5.41) is 6.88. The number of carbonyl (C=O) groups excluding carboxylic acids is 1. The van der Waals surface area contributed by atoms with Crippen molar-refractivity contribution in [2.24, 2.45) is 0 Å². The highest BCUT2D eigenvalue weighted by Crippen LogP contribution is 2.26.